The van der Waals surface area contributed by atoms with Gasteiger partial charge >= 0.3 is 7.60 Å². The third-order valence-electron chi connectivity index (χ3n) is 10.1. The summed E-state index contributed by atoms with van der Waals surface area (Å²) >= 11 is 0. The van der Waals surface area contributed by atoms with E-state index in [2.05, 4.69) is 0 Å². The fourth-order valence-corrected chi connectivity index (χ4v) is 13.0. The van der Waals surface area contributed by atoms with Crippen LogP contribution in [0.1, 0.15) is 45.4 Å². The molecule has 8 aliphatic rings. The van der Waals surface area contributed by atoms with E-state index in [9.17, 15) is 14.2 Å². The number of benzene rings is 1. The van der Waals surface area contributed by atoms with Crippen LogP contribution in [0.4, 0.5) is 5.69 Å². The van der Waals surface area contributed by atoms with E-state index < -0.39 is 30.7 Å². The largest absolute Gasteiger partial charge is 0.336 e. The van der Waals surface area contributed by atoms with E-state index in [0.29, 0.717) is 23.4 Å². The standard InChI is InChI=1S/C25H28NO5P/c1-24-19-17-18(23(28)26(22(17)27)16-5-3-2-4-6-16)21(20(19)24)32(29,30-24)31-25-10-13-7-14(11-25)9-15(8-13)12-25/h2-6,13-15,17-21H,7-12H2,1H3/t13?,14?,15?,17-,18+,19+,20+,21-,24+,25?,32-/m0/s1. The van der Waals surface area contributed by atoms with Gasteiger partial charge in [0.25, 0.3) is 0 Å². The van der Waals surface area contributed by atoms with Gasteiger partial charge in [0.15, 0.2) is 0 Å². The van der Waals surface area contributed by atoms with Crippen LogP contribution in [0.5, 0.6) is 0 Å². The quantitative estimate of drug-likeness (QED) is 0.502. The fourth-order valence-electron chi connectivity index (χ4n) is 9.53. The number of carbonyl (C=O) groups excluding carboxylic acids is 2. The Labute approximate surface area is 187 Å². The topological polar surface area (TPSA) is 72.9 Å². The zero-order valence-corrected chi connectivity index (χ0v) is 19.1. The van der Waals surface area contributed by atoms with Crippen molar-refractivity contribution in [3.05, 3.63) is 30.3 Å². The molecular formula is C25H28NO5P. The van der Waals surface area contributed by atoms with Crippen molar-refractivity contribution < 1.29 is 23.2 Å². The number of rotatable bonds is 3. The lowest BCUT2D eigenvalue weighted by Crippen LogP contribution is -2.52. The highest BCUT2D eigenvalue weighted by atomic mass is 31.2. The van der Waals surface area contributed by atoms with E-state index in [1.807, 2.05) is 25.1 Å². The summed E-state index contributed by atoms with van der Waals surface area (Å²) in [5, 5.41) is 0. The van der Waals surface area contributed by atoms with Crippen LogP contribution in [-0.2, 0) is 23.2 Å². The molecule has 0 unspecified atom stereocenters. The van der Waals surface area contributed by atoms with E-state index in [1.54, 1.807) is 12.1 Å². The Kier molecular flexibility index (Phi) is 3.30. The molecule has 0 spiro atoms. The first-order chi connectivity index (χ1) is 15.3. The SMILES string of the molecule is C[C@@]12O[P@](=O)(OC34CC5CC(CC(C5)C3)C4)[C@H]3[C@@H]4C(=O)N(c5ccccc5)C(=O)[C@@H]4[C@@H]1[C@H]32. The normalized spacial score (nSPS) is 56.1. The molecule has 6 aliphatic carbocycles. The van der Waals surface area contributed by atoms with Crippen LogP contribution in [-0.4, -0.2) is 28.7 Å². The third kappa shape index (κ3) is 2.09. The summed E-state index contributed by atoms with van der Waals surface area (Å²) in [6.45, 7) is 1.98. The molecule has 0 aromatic heterocycles. The lowest BCUT2D eigenvalue weighted by molar-refractivity contribution is -0.124. The van der Waals surface area contributed by atoms with E-state index in [1.165, 1.54) is 24.2 Å². The number of fused-ring (bicyclic) bond motifs is 4. The number of para-hydroxylation sites is 1. The van der Waals surface area contributed by atoms with Crippen molar-refractivity contribution in [1.82, 2.24) is 0 Å². The molecular weight excluding hydrogens is 425 g/mol. The van der Waals surface area contributed by atoms with Crippen molar-refractivity contribution in [1.29, 1.82) is 0 Å². The predicted molar refractivity (Wildman–Crippen MR) is 116 cm³/mol. The van der Waals surface area contributed by atoms with E-state index >= 15 is 0 Å². The zero-order chi connectivity index (χ0) is 21.6. The molecule has 6 saturated carbocycles. The van der Waals surface area contributed by atoms with Crippen LogP contribution >= 0.6 is 7.60 Å². The second-order valence-electron chi connectivity index (χ2n) is 11.9. The van der Waals surface area contributed by atoms with Crippen molar-refractivity contribution in [2.45, 2.75) is 62.3 Å². The number of hydrogen-bond acceptors (Lipinski definition) is 5. The fraction of sp³-hybridized carbons (Fsp3) is 0.680. The molecule has 7 atom stereocenters. The lowest BCUT2D eigenvalue weighted by atomic mass is 9.54. The molecule has 0 N–H and O–H groups in total. The average molecular weight is 453 g/mol. The highest BCUT2D eigenvalue weighted by Crippen LogP contribution is 2.87. The number of nitrogens with zero attached hydrogens (tertiary/aromatic N) is 1. The first-order valence-electron chi connectivity index (χ1n) is 12.3. The van der Waals surface area contributed by atoms with Crippen LogP contribution < -0.4 is 4.90 Å². The van der Waals surface area contributed by atoms with E-state index in [0.717, 1.165) is 19.3 Å². The number of imide groups is 1. The van der Waals surface area contributed by atoms with Crippen LogP contribution in [0.25, 0.3) is 0 Å². The Morgan fingerprint density at radius 1 is 0.938 bits per heavy atom. The maximum Gasteiger partial charge on any atom is 0.336 e. The van der Waals surface area contributed by atoms with E-state index in [4.69, 9.17) is 9.05 Å². The predicted octanol–water partition coefficient (Wildman–Crippen LogP) is 4.39. The monoisotopic (exact) mass is 453 g/mol. The minimum Gasteiger partial charge on any atom is -0.302 e. The van der Waals surface area contributed by atoms with Crippen molar-refractivity contribution in [2.75, 3.05) is 4.90 Å². The Bertz CT molecular complexity index is 1080. The van der Waals surface area contributed by atoms with Crippen molar-refractivity contribution in [3.63, 3.8) is 0 Å². The van der Waals surface area contributed by atoms with Crippen LogP contribution in [0.3, 0.4) is 0 Å². The minimum atomic E-state index is -3.51. The van der Waals surface area contributed by atoms with Gasteiger partial charge in [-0.25, -0.2) is 0 Å². The third-order valence-corrected chi connectivity index (χ3v) is 12.8. The summed E-state index contributed by atoms with van der Waals surface area (Å²) < 4.78 is 27.4. The summed E-state index contributed by atoms with van der Waals surface area (Å²) in [5.41, 5.74) is -0.809. The molecule has 168 valence electrons. The summed E-state index contributed by atoms with van der Waals surface area (Å²) in [6.07, 6.45) is 6.76. The van der Waals surface area contributed by atoms with Gasteiger partial charge in [-0.2, -0.15) is 0 Å². The molecule has 2 heterocycles. The summed E-state index contributed by atoms with van der Waals surface area (Å²) in [4.78, 5) is 28.3. The van der Waals surface area contributed by atoms with Gasteiger partial charge < -0.3 is 9.05 Å². The van der Waals surface area contributed by atoms with Gasteiger partial charge in [-0.15, -0.1) is 0 Å². The molecule has 0 radical (unpaired) electrons. The molecule has 2 amide bonds. The first-order valence-corrected chi connectivity index (χ1v) is 13.9. The number of amides is 2. The molecule has 4 bridgehead atoms. The number of hydrogen-bond donors (Lipinski definition) is 0. The summed E-state index contributed by atoms with van der Waals surface area (Å²) in [5.74, 6) is 0.623. The molecule has 32 heavy (non-hydrogen) atoms. The first kappa shape index (κ1) is 18.9. The molecule has 8 fully saturated rings. The van der Waals surface area contributed by atoms with E-state index in [-0.39, 0.29) is 29.3 Å². The van der Waals surface area contributed by atoms with Crippen molar-refractivity contribution in [2.24, 2.45) is 41.4 Å². The summed E-state index contributed by atoms with van der Waals surface area (Å²) in [6, 6.07) is 9.13. The highest BCUT2D eigenvalue weighted by Gasteiger charge is 2.89. The molecule has 6 nitrogen and oxygen atoms in total. The van der Waals surface area contributed by atoms with Gasteiger partial charge in [0.2, 0.25) is 11.8 Å². The molecule has 2 aliphatic heterocycles. The molecule has 7 heteroatoms. The second-order valence-corrected chi connectivity index (χ2v) is 14.0. The van der Waals surface area contributed by atoms with Crippen molar-refractivity contribution in [3.8, 4) is 0 Å². The van der Waals surface area contributed by atoms with Gasteiger partial charge in [-0.3, -0.25) is 19.1 Å². The number of carbonyl (C=O) groups is 2. The lowest BCUT2D eigenvalue weighted by Gasteiger charge is -2.56. The zero-order valence-electron chi connectivity index (χ0n) is 18.2. The van der Waals surface area contributed by atoms with Gasteiger partial charge in [0.1, 0.15) is 0 Å². The summed E-state index contributed by atoms with van der Waals surface area (Å²) in [7, 11) is -3.51. The minimum absolute atomic E-state index is 0.00284. The molecule has 9 rings (SSSR count). The molecule has 1 aromatic rings. The average Bonchev–Trinajstić information content (AvgIpc) is 2.98. The highest BCUT2D eigenvalue weighted by molar-refractivity contribution is 7.55. The Morgan fingerprint density at radius 2 is 1.53 bits per heavy atom. The smallest absolute Gasteiger partial charge is 0.302 e. The Balaban J connectivity index is 1.16. The Hall–Kier alpha value is -1.49. The van der Waals surface area contributed by atoms with Crippen LogP contribution in [0.15, 0.2) is 30.3 Å². The Morgan fingerprint density at radius 3 is 2.16 bits per heavy atom. The maximum atomic E-state index is 14.4. The van der Waals surface area contributed by atoms with Gasteiger partial charge in [0.05, 0.1) is 34.4 Å². The molecule has 2 saturated heterocycles. The van der Waals surface area contributed by atoms with Gasteiger partial charge in [0, 0.05) is 11.8 Å². The van der Waals surface area contributed by atoms with Gasteiger partial charge in [-0.1, -0.05) is 18.2 Å². The van der Waals surface area contributed by atoms with Crippen molar-refractivity contribution >= 4 is 25.1 Å². The maximum absolute atomic E-state index is 14.4. The van der Waals surface area contributed by atoms with Crippen LogP contribution in [0, 0.1) is 41.4 Å². The second kappa shape index (κ2) is 5.59. The van der Waals surface area contributed by atoms with Crippen LogP contribution in [0.2, 0.25) is 0 Å². The van der Waals surface area contributed by atoms with Gasteiger partial charge in [-0.05, 0) is 75.3 Å². The molecule has 1 aromatic carbocycles. The number of anilines is 1.